The van der Waals surface area contributed by atoms with Crippen molar-refractivity contribution in [2.24, 2.45) is 11.8 Å². The van der Waals surface area contributed by atoms with Gasteiger partial charge >= 0.3 is 0 Å². The van der Waals surface area contributed by atoms with Gasteiger partial charge < -0.3 is 9.94 Å². The lowest BCUT2D eigenvalue weighted by Crippen LogP contribution is -2.18. The molecule has 68 valence electrons. The molecule has 0 spiro atoms. The van der Waals surface area contributed by atoms with Crippen LogP contribution in [0.25, 0.3) is 0 Å². The van der Waals surface area contributed by atoms with Gasteiger partial charge in [-0.15, -0.1) is 0 Å². The van der Waals surface area contributed by atoms with Crippen molar-refractivity contribution >= 4 is 0 Å². The number of aliphatic hydroxyl groups is 1. The van der Waals surface area contributed by atoms with E-state index >= 15 is 0 Å². The minimum absolute atomic E-state index is 0.167. The summed E-state index contributed by atoms with van der Waals surface area (Å²) in [6.07, 6.45) is 4.93. The van der Waals surface area contributed by atoms with Crippen molar-refractivity contribution in [3.8, 4) is 0 Å². The highest BCUT2D eigenvalue weighted by Crippen LogP contribution is 2.24. The van der Waals surface area contributed by atoms with Gasteiger partial charge in [0.2, 0.25) is 0 Å². The van der Waals surface area contributed by atoms with Crippen LogP contribution >= 0.6 is 0 Å². The lowest BCUT2D eigenvalue weighted by atomic mass is 9.89. The SMILES string of the molecule is CC1=CC=C(CON)C(CO)C1. The van der Waals surface area contributed by atoms with Crippen LogP contribution in [0.5, 0.6) is 0 Å². The molecule has 0 saturated carbocycles. The monoisotopic (exact) mass is 169 g/mol. The summed E-state index contributed by atoms with van der Waals surface area (Å²) in [6, 6.07) is 0. The first kappa shape index (κ1) is 9.45. The molecule has 0 bridgehead atoms. The second-order valence-corrected chi connectivity index (χ2v) is 3.15. The van der Waals surface area contributed by atoms with Gasteiger partial charge in [0, 0.05) is 5.92 Å². The number of nitrogens with two attached hydrogens (primary N) is 1. The molecule has 0 aromatic heterocycles. The number of aliphatic hydroxyl groups excluding tert-OH is 1. The summed E-state index contributed by atoms with van der Waals surface area (Å²) in [5.74, 6) is 5.16. The molecule has 0 amide bonds. The Hall–Kier alpha value is -0.640. The largest absolute Gasteiger partial charge is 0.396 e. The molecule has 3 heteroatoms. The maximum Gasteiger partial charge on any atom is 0.0896 e. The van der Waals surface area contributed by atoms with E-state index < -0.39 is 0 Å². The van der Waals surface area contributed by atoms with Gasteiger partial charge in [0.05, 0.1) is 13.2 Å². The van der Waals surface area contributed by atoms with Gasteiger partial charge in [-0.3, -0.25) is 0 Å². The highest BCUT2D eigenvalue weighted by molar-refractivity contribution is 5.25. The zero-order chi connectivity index (χ0) is 8.97. The number of hydrogen-bond acceptors (Lipinski definition) is 3. The fourth-order valence-electron chi connectivity index (χ4n) is 1.42. The molecule has 0 aromatic rings. The third-order valence-corrected chi connectivity index (χ3v) is 2.15. The van der Waals surface area contributed by atoms with Crippen LogP contribution < -0.4 is 5.90 Å². The molecule has 3 nitrogen and oxygen atoms in total. The van der Waals surface area contributed by atoms with Gasteiger partial charge in [0.1, 0.15) is 0 Å². The Morgan fingerprint density at radius 1 is 1.67 bits per heavy atom. The quantitative estimate of drug-likeness (QED) is 0.613. The van der Waals surface area contributed by atoms with Crippen LogP contribution in [-0.4, -0.2) is 18.3 Å². The van der Waals surface area contributed by atoms with Crippen molar-refractivity contribution in [2.45, 2.75) is 13.3 Å². The summed E-state index contributed by atoms with van der Waals surface area (Å²) in [5.41, 5.74) is 2.36. The first-order valence-electron chi connectivity index (χ1n) is 4.06. The Bertz CT molecular complexity index is 209. The van der Waals surface area contributed by atoms with Crippen molar-refractivity contribution in [1.82, 2.24) is 0 Å². The summed E-state index contributed by atoms with van der Waals surface area (Å²) < 4.78 is 0. The molecule has 0 fully saturated rings. The Kier molecular flexibility index (Phi) is 3.47. The van der Waals surface area contributed by atoms with E-state index in [4.69, 9.17) is 11.0 Å². The number of rotatable bonds is 3. The van der Waals surface area contributed by atoms with Crippen LogP contribution in [0.4, 0.5) is 0 Å². The lowest BCUT2D eigenvalue weighted by Gasteiger charge is -2.20. The van der Waals surface area contributed by atoms with E-state index in [1.165, 1.54) is 5.57 Å². The van der Waals surface area contributed by atoms with E-state index in [1.807, 2.05) is 12.2 Å². The van der Waals surface area contributed by atoms with E-state index in [1.54, 1.807) is 0 Å². The van der Waals surface area contributed by atoms with E-state index in [9.17, 15) is 0 Å². The van der Waals surface area contributed by atoms with Crippen LogP contribution in [0.2, 0.25) is 0 Å². The fraction of sp³-hybridized carbons (Fsp3) is 0.556. The average molecular weight is 169 g/mol. The molecule has 0 radical (unpaired) electrons. The minimum Gasteiger partial charge on any atom is -0.396 e. The summed E-state index contributed by atoms with van der Waals surface area (Å²) in [7, 11) is 0. The molecule has 1 rings (SSSR count). The van der Waals surface area contributed by atoms with Gasteiger partial charge in [-0.05, 0) is 18.9 Å². The first-order chi connectivity index (χ1) is 5.77. The van der Waals surface area contributed by atoms with Gasteiger partial charge in [-0.25, -0.2) is 5.90 Å². The van der Waals surface area contributed by atoms with Crippen LogP contribution in [0, 0.1) is 5.92 Å². The smallest absolute Gasteiger partial charge is 0.0896 e. The van der Waals surface area contributed by atoms with Gasteiger partial charge in [-0.2, -0.15) is 0 Å². The molecule has 3 N–H and O–H groups in total. The summed E-state index contributed by atoms with van der Waals surface area (Å²) in [5, 5.41) is 9.04. The van der Waals surface area contributed by atoms with E-state index in [0.717, 1.165) is 12.0 Å². The number of allylic oxidation sites excluding steroid dienone is 3. The Labute approximate surface area is 72.5 Å². The van der Waals surface area contributed by atoms with Crippen molar-refractivity contribution in [3.05, 3.63) is 23.3 Å². The molecule has 1 aliphatic carbocycles. The van der Waals surface area contributed by atoms with Crippen molar-refractivity contribution in [2.75, 3.05) is 13.2 Å². The molecular formula is C9H15NO2. The standard InChI is InChI=1S/C9H15NO2/c1-7-2-3-8(6-12-10)9(4-7)5-11/h2-3,9,11H,4-6,10H2,1H3. The molecule has 0 saturated heterocycles. The Morgan fingerprint density at radius 2 is 2.42 bits per heavy atom. The van der Waals surface area contributed by atoms with Gasteiger partial charge in [0.15, 0.2) is 0 Å². The summed E-state index contributed by atoms with van der Waals surface area (Å²) in [4.78, 5) is 4.54. The Morgan fingerprint density at radius 3 is 3.00 bits per heavy atom. The second-order valence-electron chi connectivity index (χ2n) is 3.15. The predicted molar refractivity (Wildman–Crippen MR) is 47.2 cm³/mol. The lowest BCUT2D eigenvalue weighted by molar-refractivity contribution is 0.144. The highest BCUT2D eigenvalue weighted by atomic mass is 16.6. The molecule has 12 heavy (non-hydrogen) atoms. The van der Waals surface area contributed by atoms with Gasteiger partial charge in [0.25, 0.3) is 0 Å². The fourth-order valence-corrected chi connectivity index (χ4v) is 1.42. The molecule has 0 aliphatic heterocycles. The van der Waals surface area contributed by atoms with Crippen LogP contribution in [-0.2, 0) is 4.84 Å². The summed E-state index contributed by atoms with van der Waals surface area (Å²) in [6.45, 7) is 2.63. The highest BCUT2D eigenvalue weighted by Gasteiger charge is 2.16. The minimum atomic E-state index is 0.167. The first-order valence-corrected chi connectivity index (χ1v) is 4.06. The maximum atomic E-state index is 9.04. The van der Waals surface area contributed by atoms with Crippen molar-refractivity contribution in [3.63, 3.8) is 0 Å². The van der Waals surface area contributed by atoms with Crippen LogP contribution in [0.15, 0.2) is 23.3 Å². The van der Waals surface area contributed by atoms with E-state index in [0.29, 0.717) is 6.61 Å². The molecule has 0 aromatic carbocycles. The summed E-state index contributed by atoms with van der Waals surface area (Å²) >= 11 is 0. The van der Waals surface area contributed by atoms with Crippen LogP contribution in [0.1, 0.15) is 13.3 Å². The van der Waals surface area contributed by atoms with E-state index in [-0.39, 0.29) is 12.5 Å². The zero-order valence-corrected chi connectivity index (χ0v) is 7.29. The molecule has 1 aliphatic rings. The van der Waals surface area contributed by atoms with Crippen molar-refractivity contribution in [1.29, 1.82) is 0 Å². The van der Waals surface area contributed by atoms with E-state index in [2.05, 4.69) is 11.8 Å². The Balaban J connectivity index is 2.65. The molecule has 1 unspecified atom stereocenters. The third-order valence-electron chi connectivity index (χ3n) is 2.15. The molecule has 1 atom stereocenters. The maximum absolute atomic E-state index is 9.04. The second kappa shape index (κ2) is 4.40. The zero-order valence-electron chi connectivity index (χ0n) is 7.29. The number of hydrogen-bond donors (Lipinski definition) is 2. The third kappa shape index (κ3) is 2.17. The average Bonchev–Trinajstić information content (AvgIpc) is 2.08. The predicted octanol–water partition coefficient (Wildman–Crippen LogP) is 0.762. The van der Waals surface area contributed by atoms with Crippen molar-refractivity contribution < 1.29 is 9.94 Å². The topological polar surface area (TPSA) is 55.5 Å². The normalized spacial score (nSPS) is 23.4. The molecule has 0 heterocycles. The molecular weight excluding hydrogens is 154 g/mol. The van der Waals surface area contributed by atoms with Crippen LogP contribution in [0.3, 0.4) is 0 Å². The van der Waals surface area contributed by atoms with Gasteiger partial charge in [-0.1, -0.05) is 17.7 Å².